The zero-order valence-corrected chi connectivity index (χ0v) is 11.1. The van der Waals surface area contributed by atoms with Crippen molar-refractivity contribution in [3.63, 3.8) is 0 Å². The number of carbonyl (C=O) groups excluding carboxylic acids is 1. The Hall–Kier alpha value is -0.980. The van der Waals surface area contributed by atoms with Crippen LogP contribution in [0.15, 0.2) is 18.2 Å². The third-order valence-corrected chi connectivity index (χ3v) is 2.81. The standard InChI is InChI=1S/C11H10Cl2F3NO2/c12-8-3-1-2-7(9(8)13)10(18)17-4-5-19-6-11(14,15)16/h1-3H,4-6H2,(H,17,18). The molecule has 1 aromatic rings. The molecule has 106 valence electrons. The first-order valence-electron chi connectivity index (χ1n) is 5.18. The van der Waals surface area contributed by atoms with E-state index in [4.69, 9.17) is 23.2 Å². The molecule has 0 unspecified atom stereocenters. The van der Waals surface area contributed by atoms with E-state index in [9.17, 15) is 18.0 Å². The van der Waals surface area contributed by atoms with Gasteiger partial charge in [-0.15, -0.1) is 0 Å². The number of hydrogen-bond acceptors (Lipinski definition) is 2. The van der Waals surface area contributed by atoms with Crippen LogP contribution in [0.2, 0.25) is 10.0 Å². The molecular formula is C11H10Cl2F3NO2. The Balaban J connectivity index is 2.38. The lowest BCUT2D eigenvalue weighted by Gasteiger charge is -2.09. The van der Waals surface area contributed by atoms with Crippen molar-refractivity contribution >= 4 is 29.1 Å². The predicted molar refractivity (Wildman–Crippen MR) is 65.7 cm³/mol. The zero-order chi connectivity index (χ0) is 14.5. The molecule has 0 bridgehead atoms. The molecule has 1 amide bonds. The van der Waals surface area contributed by atoms with E-state index in [2.05, 4.69) is 10.1 Å². The van der Waals surface area contributed by atoms with Gasteiger partial charge in [0.15, 0.2) is 0 Å². The Labute approximate surface area is 117 Å². The van der Waals surface area contributed by atoms with Crippen molar-refractivity contribution < 1.29 is 22.7 Å². The van der Waals surface area contributed by atoms with E-state index in [1.165, 1.54) is 12.1 Å². The summed E-state index contributed by atoms with van der Waals surface area (Å²) in [4.78, 5) is 11.6. The maximum Gasteiger partial charge on any atom is 0.411 e. The molecule has 19 heavy (non-hydrogen) atoms. The highest BCUT2D eigenvalue weighted by Gasteiger charge is 2.27. The van der Waals surface area contributed by atoms with Crippen molar-refractivity contribution in [2.75, 3.05) is 19.8 Å². The van der Waals surface area contributed by atoms with E-state index in [1.807, 2.05) is 0 Å². The Morgan fingerprint density at radius 1 is 1.32 bits per heavy atom. The van der Waals surface area contributed by atoms with Crippen LogP contribution in [0.4, 0.5) is 13.2 Å². The molecule has 0 aliphatic heterocycles. The van der Waals surface area contributed by atoms with Crippen LogP contribution in [0.5, 0.6) is 0 Å². The summed E-state index contributed by atoms with van der Waals surface area (Å²) in [6.45, 7) is -1.65. The lowest BCUT2D eigenvalue weighted by atomic mass is 10.2. The maximum atomic E-state index is 11.8. The molecule has 0 aliphatic carbocycles. The Bertz CT molecular complexity index is 452. The van der Waals surface area contributed by atoms with E-state index in [-0.39, 0.29) is 28.8 Å². The van der Waals surface area contributed by atoms with Gasteiger partial charge in [-0.25, -0.2) is 0 Å². The number of hydrogen-bond donors (Lipinski definition) is 1. The Morgan fingerprint density at radius 2 is 2.00 bits per heavy atom. The van der Waals surface area contributed by atoms with Crippen LogP contribution in [-0.4, -0.2) is 31.8 Å². The van der Waals surface area contributed by atoms with E-state index < -0.39 is 18.7 Å². The molecule has 0 fully saturated rings. The van der Waals surface area contributed by atoms with Crippen LogP contribution < -0.4 is 5.32 Å². The maximum absolute atomic E-state index is 11.8. The quantitative estimate of drug-likeness (QED) is 0.847. The van der Waals surface area contributed by atoms with Gasteiger partial charge in [0.2, 0.25) is 0 Å². The lowest BCUT2D eigenvalue weighted by molar-refractivity contribution is -0.173. The molecule has 0 saturated heterocycles. The second-order valence-electron chi connectivity index (χ2n) is 3.53. The van der Waals surface area contributed by atoms with E-state index in [0.717, 1.165) is 0 Å². The van der Waals surface area contributed by atoms with Gasteiger partial charge in [0, 0.05) is 6.54 Å². The predicted octanol–water partition coefficient (Wildman–Crippen LogP) is 3.30. The highest BCUT2D eigenvalue weighted by atomic mass is 35.5. The first kappa shape index (κ1) is 16.1. The van der Waals surface area contributed by atoms with Crippen LogP contribution in [-0.2, 0) is 4.74 Å². The lowest BCUT2D eigenvalue weighted by Crippen LogP contribution is -2.29. The molecule has 0 aromatic heterocycles. The Morgan fingerprint density at radius 3 is 2.63 bits per heavy atom. The van der Waals surface area contributed by atoms with Gasteiger partial charge in [-0.2, -0.15) is 13.2 Å². The summed E-state index contributed by atoms with van der Waals surface area (Å²) in [6.07, 6.45) is -4.37. The number of halogens is 5. The van der Waals surface area contributed by atoms with Crippen LogP contribution in [0.3, 0.4) is 0 Å². The molecule has 1 aromatic carbocycles. The highest BCUT2D eigenvalue weighted by Crippen LogP contribution is 2.25. The summed E-state index contributed by atoms with van der Waals surface area (Å²) in [5, 5.41) is 2.70. The minimum atomic E-state index is -4.37. The molecule has 3 nitrogen and oxygen atoms in total. The fourth-order valence-electron chi connectivity index (χ4n) is 1.20. The van der Waals surface area contributed by atoms with E-state index in [0.29, 0.717) is 0 Å². The van der Waals surface area contributed by atoms with Crippen molar-refractivity contribution in [1.29, 1.82) is 0 Å². The number of benzene rings is 1. The first-order valence-corrected chi connectivity index (χ1v) is 5.93. The van der Waals surface area contributed by atoms with Gasteiger partial charge < -0.3 is 10.1 Å². The molecule has 1 rings (SSSR count). The topological polar surface area (TPSA) is 38.3 Å². The van der Waals surface area contributed by atoms with Gasteiger partial charge in [0.25, 0.3) is 5.91 Å². The SMILES string of the molecule is O=C(NCCOCC(F)(F)F)c1cccc(Cl)c1Cl. The molecule has 0 spiro atoms. The summed E-state index contributed by atoms with van der Waals surface area (Å²) in [6, 6.07) is 4.52. The summed E-state index contributed by atoms with van der Waals surface area (Å²) < 4.78 is 39.6. The van der Waals surface area contributed by atoms with Gasteiger partial charge in [-0.3, -0.25) is 4.79 Å². The number of ether oxygens (including phenoxy) is 1. The van der Waals surface area contributed by atoms with E-state index >= 15 is 0 Å². The fraction of sp³-hybridized carbons (Fsp3) is 0.364. The molecule has 0 aliphatic rings. The normalized spacial score (nSPS) is 11.4. The van der Waals surface area contributed by atoms with Gasteiger partial charge in [-0.05, 0) is 12.1 Å². The van der Waals surface area contributed by atoms with Crippen molar-refractivity contribution in [1.82, 2.24) is 5.32 Å². The van der Waals surface area contributed by atoms with Crippen LogP contribution >= 0.6 is 23.2 Å². The number of carbonyl (C=O) groups is 1. The molecule has 1 N–H and O–H groups in total. The fourth-order valence-corrected chi connectivity index (χ4v) is 1.59. The van der Waals surface area contributed by atoms with Crippen molar-refractivity contribution in [2.45, 2.75) is 6.18 Å². The van der Waals surface area contributed by atoms with Crippen molar-refractivity contribution in [3.8, 4) is 0 Å². The molecule has 0 radical (unpaired) electrons. The number of rotatable bonds is 5. The highest BCUT2D eigenvalue weighted by molar-refractivity contribution is 6.43. The smallest absolute Gasteiger partial charge is 0.370 e. The third kappa shape index (κ3) is 5.67. The average Bonchev–Trinajstić information content (AvgIpc) is 2.30. The summed E-state index contributed by atoms with van der Waals surface area (Å²) in [7, 11) is 0. The minimum Gasteiger partial charge on any atom is -0.370 e. The molecule has 0 heterocycles. The average molecular weight is 316 g/mol. The zero-order valence-electron chi connectivity index (χ0n) is 9.56. The Kier molecular flexibility index (Phi) is 5.90. The molecule has 8 heteroatoms. The van der Waals surface area contributed by atoms with Crippen LogP contribution in [0, 0.1) is 0 Å². The minimum absolute atomic E-state index is 0.0578. The number of amides is 1. The molecule has 0 saturated carbocycles. The second kappa shape index (κ2) is 6.98. The van der Waals surface area contributed by atoms with Crippen LogP contribution in [0.1, 0.15) is 10.4 Å². The largest absolute Gasteiger partial charge is 0.411 e. The third-order valence-electron chi connectivity index (χ3n) is 1.99. The van der Waals surface area contributed by atoms with E-state index in [1.54, 1.807) is 6.07 Å². The molecule has 0 atom stereocenters. The summed E-state index contributed by atoms with van der Waals surface area (Å²) in [5.74, 6) is -0.525. The monoisotopic (exact) mass is 315 g/mol. The van der Waals surface area contributed by atoms with Crippen molar-refractivity contribution in [3.05, 3.63) is 33.8 Å². The van der Waals surface area contributed by atoms with Gasteiger partial charge in [0.1, 0.15) is 6.61 Å². The number of alkyl halides is 3. The van der Waals surface area contributed by atoms with Gasteiger partial charge in [0.05, 0.1) is 22.2 Å². The first-order chi connectivity index (χ1) is 8.81. The van der Waals surface area contributed by atoms with Crippen LogP contribution in [0.25, 0.3) is 0 Å². The van der Waals surface area contributed by atoms with Gasteiger partial charge >= 0.3 is 6.18 Å². The summed E-state index contributed by atoms with van der Waals surface area (Å²) in [5.41, 5.74) is 0.157. The molecular weight excluding hydrogens is 306 g/mol. The van der Waals surface area contributed by atoms with Crippen molar-refractivity contribution in [2.24, 2.45) is 0 Å². The number of nitrogens with one attached hydrogen (secondary N) is 1. The van der Waals surface area contributed by atoms with Gasteiger partial charge in [-0.1, -0.05) is 29.3 Å². The second-order valence-corrected chi connectivity index (χ2v) is 4.31. The summed E-state index contributed by atoms with van der Waals surface area (Å²) >= 11 is 11.5.